The molecule has 0 aromatic heterocycles. The van der Waals surface area contributed by atoms with Gasteiger partial charge < -0.3 is 10.6 Å². The largest absolute Gasteiger partial charge is 0.388 e. The number of nitrogens with two attached hydrogens (primary N) is 1. The van der Waals surface area contributed by atoms with Crippen LogP contribution in [0.3, 0.4) is 0 Å². The van der Waals surface area contributed by atoms with Crippen molar-refractivity contribution in [3.8, 4) is 0 Å². The van der Waals surface area contributed by atoms with E-state index in [9.17, 15) is 0 Å². The number of rotatable bonds is 0. The molecule has 2 N–H and O–H groups in total. The van der Waals surface area contributed by atoms with Crippen molar-refractivity contribution in [3.05, 3.63) is 0 Å². The highest BCUT2D eigenvalue weighted by Gasteiger charge is 1.98. The summed E-state index contributed by atoms with van der Waals surface area (Å²) in [4.78, 5) is 2.52. The number of nitrogens with zero attached hydrogens (tertiary/aromatic N) is 1. The van der Waals surface area contributed by atoms with Gasteiger partial charge in [-0.2, -0.15) is 0 Å². The Morgan fingerprint density at radius 2 is 1.75 bits per heavy atom. The minimum Gasteiger partial charge on any atom is -0.388 e. The molecule has 0 atom stereocenters. The maximum absolute atomic E-state index is 5.19. The summed E-state index contributed by atoms with van der Waals surface area (Å²) in [6, 6.07) is 0. The van der Waals surface area contributed by atoms with E-state index in [1.807, 2.05) is 14.1 Å². The lowest BCUT2D eigenvalue weighted by Gasteiger charge is -2.10. The van der Waals surface area contributed by atoms with E-state index in [2.05, 4.69) is 12.2 Å². The first-order chi connectivity index (χ1) is 3.55. The molecular weight excluding hydrogens is 140 g/mol. The molecule has 4 heteroatoms. The molecule has 46 valence electrons. The first-order valence-corrected chi connectivity index (χ1v) is 2.88. The summed E-state index contributed by atoms with van der Waals surface area (Å²) in [5.41, 5.74) is 5.19. The molecule has 0 saturated heterocycles. The van der Waals surface area contributed by atoms with Crippen molar-refractivity contribution in [1.82, 2.24) is 4.90 Å². The summed E-state index contributed by atoms with van der Waals surface area (Å²) >= 11 is 9.35. The molecule has 2 nitrogen and oxygen atoms in total. The first kappa shape index (κ1) is 7.78. The second kappa shape index (κ2) is 2.94. The predicted octanol–water partition coefficient (Wildman–Crippen LogP) is 0.162. The molecule has 0 unspecified atom stereocenters. The monoisotopic (exact) mass is 148 g/mol. The van der Waals surface area contributed by atoms with Gasteiger partial charge in [-0.05, 0) is 0 Å². The van der Waals surface area contributed by atoms with E-state index >= 15 is 0 Å². The molecule has 0 saturated carbocycles. The summed E-state index contributed by atoms with van der Waals surface area (Å²) in [7, 11) is 3.61. The molecule has 0 fully saturated rings. The van der Waals surface area contributed by atoms with Gasteiger partial charge in [0.05, 0.1) is 0 Å². The summed E-state index contributed by atoms with van der Waals surface area (Å²) in [5, 5.41) is 0. The van der Waals surface area contributed by atoms with Crippen molar-refractivity contribution < 1.29 is 0 Å². The molecule has 8 heavy (non-hydrogen) atoms. The van der Waals surface area contributed by atoms with Crippen molar-refractivity contribution in [2.75, 3.05) is 14.1 Å². The zero-order valence-corrected chi connectivity index (χ0v) is 6.47. The molecule has 0 amide bonds. The third kappa shape index (κ3) is 2.18. The average molecular weight is 148 g/mol. The molecule has 0 radical (unpaired) electrons. The second-order valence-electron chi connectivity index (χ2n) is 1.56. The normalized spacial score (nSPS) is 8.25. The van der Waals surface area contributed by atoms with E-state index in [0.29, 0.717) is 4.99 Å². The van der Waals surface area contributed by atoms with Crippen LogP contribution in [0.4, 0.5) is 0 Å². The molecule has 0 aromatic rings. The lowest BCUT2D eigenvalue weighted by molar-refractivity contribution is 0.643. The van der Waals surface area contributed by atoms with Gasteiger partial charge >= 0.3 is 0 Å². The van der Waals surface area contributed by atoms with Crippen LogP contribution in [0.15, 0.2) is 0 Å². The summed E-state index contributed by atoms with van der Waals surface area (Å²) < 4.78 is 0. The van der Waals surface area contributed by atoms with Crippen molar-refractivity contribution in [2.24, 2.45) is 5.73 Å². The SMILES string of the molecule is CN(C)C(=S)C(N)=S. The van der Waals surface area contributed by atoms with Crippen LogP contribution in [0.25, 0.3) is 0 Å². The van der Waals surface area contributed by atoms with E-state index in [1.54, 1.807) is 4.90 Å². The maximum Gasteiger partial charge on any atom is 0.135 e. The minimum absolute atomic E-state index is 0.282. The highest BCUT2D eigenvalue weighted by Crippen LogP contribution is 1.81. The number of hydrogen-bond donors (Lipinski definition) is 1. The van der Waals surface area contributed by atoms with Gasteiger partial charge in [0.15, 0.2) is 0 Å². The van der Waals surface area contributed by atoms with Crippen molar-refractivity contribution in [2.45, 2.75) is 0 Å². The molecule has 0 spiro atoms. The third-order valence-corrected chi connectivity index (χ3v) is 1.52. The van der Waals surface area contributed by atoms with Gasteiger partial charge in [0, 0.05) is 14.1 Å². The van der Waals surface area contributed by atoms with Crippen LogP contribution in [0.5, 0.6) is 0 Å². The molecule has 0 bridgehead atoms. The molecule has 0 aliphatic heterocycles. The van der Waals surface area contributed by atoms with Gasteiger partial charge in [0.2, 0.25) is 0 Å². The Balaban J connectivity index is 3.84. The summed E-state index contributed by atoms with van der Waals surface area (Å²) in [6.45, 7) is 0. The van der Waals surface area contributed by atoms with Gasteiger partial charge in [-0.15, -0.1) is 0 Å². The Bertz CT molecular complexity index is 119. The maximum atomic E-state index is 5.19. The Kier molecular flexibility index (Phi) is 2.86. The second-order valence-corrected chi connectivity index (χ2v) is 2.39. The Labute approximate surface area is 59.7 Å². The molecule has 0 heterocycles. The highest BCUT2D eigenvalue weighted by molar-refractivity contribution is 7.89. The molecule has 0 rings (SSSR count). The van der Waals surface area contributed by atoms with Gasteiger partial charge in [-0.1, -0.05) is 24.4 Å². The van der Waals surface area contributed by atoms with Gasteiger partial charge in [-0.25, -0.2) is 0 Å². The molecule has 0 aliphatic rings. The Hall–Kier alpha value is -0.220. The third-order valence-electron chi connectivity index (χ3n) is 0.617. The van der Waals surface area contributed by atoms with E-state index in [0.717, 1.165) is 0 Å². The fourth-order valence-corrected chi connectivity index (χ4v) is 0.403. The fourth-order valence-electron chi connectivity index (χ4n) is 0.220. The first-order valence-electron chi connectivity index (χ1n) is 2.06. The lowest BCUT2D eigenvalue weighted by atomic mass is 10.6. The van der Waals surface area contributed by atoms with Crippen LogP contribution in [-0.4, -0.2) is 29.0 Å². The topological polar surface area (TPSA) is 29.3 Å². The average Bonchev–Trinajstić information content (AvgIpc) is 1.64. The fraction of sp³-hybridized carbons (Fsp3) is 0.500. The van der Waals surface area contributed by atoms with Crippen molar-refractivity contribution in [1.29, 1.82) is 0 Å². The highest BCUT2D eigenvalue weighted by atomic mass is 32.1. The number of likely N-dealkylation sites (N-methyl/N-ethyl adjacent to an activating group) is 1. The quantitative estimate of drug-likeness (QED) is 0.496. The van der Waals surface area contributed by atoms with Crippen LogP contribution in [0, 0.1) is 0 Å². The van der Waals surface area contributed by atoms with E-state index in [-0.39, 0.29) is 4.99 Å². The van der Waals surface area contributed by atoms with Crippen LogP contribution in [0.2, 0.25) is 0 Å². The molecule has 0 aromatic carbocycles. The van der Waals surface area contributed by atoms with Crippen molar-refractivity contribution in [3.63, 3.8) is 0 Å². The van der Waals surface area contributed by atoms with E-state index < -0.39 is 0 Å². The Morgan fingerprint density at radius 1 is 1.38 bits per heavy atom. The van der Waals surface area contributed by atoms with Crippen molar-refractivity contribution >= 4 is 34.4 Å². The Morgan fingerprint density at radius 3 is 1.75 bits per heavy atom. The van der Waals surface area contributed by atoms with Crippen LogP contribution >= 0.6 is 24.4 Å². The number of thiocarbonyl (C=S) groups is 2. The molecular formula is C4H8N2S2. The zero-order chi connectivity index (χ0) is 6.73. The van der Waals surface area contributed by atoms with E-state index in [1.165, 1.54) is 0 Å². The smallest absolute Gasteiger partial charge is 0.135 e. The van der Waals surface area contributed by atoms with Crippen LogP contribution in [-0.2, 0) is 0 Å². The van der Waals surface area contributed by atoms with Gasteiger partial charge in [-0.3, -0.25) is 0 Å². The van der Waals surface area contributed by atoms with E-state index in [4.69, 9.17) is 18.0 Å². The zero-order valence-electron chi connectivity index (χ0n) is 4.84. The summed E-state index contributed by atoms with van der Waals surface area (Å²) in [5.74, 6) is 0. The predicted molar refractivity (Wildman–Crippen MR) is 43.1 cm³/mol. The summed E-state index contributed by atoms with van der Waals surface area (Å²) in [6.07, 6.45) is 0. The molecule has 0 aliphatic carbocycles. The van der Waals surface area contributed by atoms with Crippen LogP contribution in [0.1, 0.15) is 0 Å². The van der Waals surface area contributed by atoms with Crippen LogP contribution < -0.4 is 5.73 Å². The lowest BCUT2D eigenvalue weighted by Crippen LogP contribution is -2.31. The number of hydrogen-bond acceptors (Lipinski definition) is 2. The van der Waals surface area contributed by atoms with Gasteiger partial charge in [0.1, 0.15) is 9.98 Å². The standard InChI is InChI=1S/C4H8N2S2/c1-6(2)4(8)3(5)7/h1-2H3,(H2,5,7). The minimum atomic E-state index is 0.282. The van der Waals surface area contributed by atoms with Gasteiger partial charge in [0.25, 0.3) is 0 Å².